The van der Waals surface area contributed by atoms with E-state index in [0.717, 1.165) is 0 Å². The van der Waals surface area contributed by atoms with E-state index in [-0.39, 0.29) is 11.7 Å². The summed E-state index contributed by atoms with van der Waals surface area (Å²) >= 11 is 0. The second-order valence-electron chi connectivity index (χ2n) is 3.44. The summed E-state index contributed by atoms with van der Waals surface area (Å²) in [5.41, 5.74) is 0. The minimum atomic E-state index is -3.28. The highest BCUT2D eigenvalue weighted by atomic mass is 32.2. The Labute approximate surface area is 83.2 Å². The Morgan fingerprint density at radius 2 is 2.29 bits per heavy atom. The first-order valence-electron chi connectivity index (χ1n) is 4.35. The zero-order valence-electron chi connectivity index (χ0n) is 8.19. The molecule has 0 saturated carbocycles. The molecule has 0 aromatic carbocycles. The number of nitrogens with zero attached hydrogens (tertiary/aromatic N) is 2. The molecule has 1 rings (SSSR count). The summed E-state index contributed by atoms with van der Waals surface area (Å²) in [6, 6.07) is 0. The Morgan fingerprint density at radius 1 is 1.57 bits per heavy atom. The van der Waals surface area contributed by atoms with Gasteiger partial charge in [-0.3, -0.25) is 4.72 Å². The molecule has 0 aliphatic rings. The monoisotopic (exact) mass is 218 g/mol. The smallest absolute Gasteiger partial charge is 0.235 e. The highest BCUT2D eigenvalue weighted by Gasteiger charge is 2.12. The molecule has 1 heterocycles. The van der Waals surface area contributed by atoms with Crippen LogP contribution < -0.4 is 4.72 Å². The fourth-order valence-corrected chi connectivity index (χ4v) is 2.12. The van der Waals surface area contributed by atoms with E-state index in [2.05, 4.69) is 19.9 Å². The number of nitrogens with one attached hydrogen (secondary N) is 2. The molecule has 14 heavy (non-hydrogen) atoms. The van der Waals surface area contributed by atoms with Crippen molar-refractivity contribution in [3.05, 3.63) is 6.33 Å². The Morgan fingerprint density at radius 3 is 2.79 bits per heavy atom. The van der Waals surface area contributed by atoms with E-state index in [0.29, 0.717) is 12.3 Å². The molecule has 0 radical (unpaired) electrons. The first-order chi connectivity index (χ1) is 6.49. The Kier molecular flexibility index (Phi) is 3.45. The van der Waals surface area contributed by atoms with Crippen molar-refractivity contribution in [2.75, 3.05) is 10.5 Å². The Balaban J connectivity index is 2.51. The maximum atomic E-state index is 11.4. The number of H-pyrrole nitrogens is 1. The predicted octanol–water partition coefficient (Wildman–Crippen LogP) is 0.592. The van der Waals surface area contributed by atoms with E-state index in [4.69, 9.17) is 0 Å². The molecule has 0 saturated heterocycles. The van der Waals surface area contributed by atoms with Crippen LogP contribution in [0.3, 0.4) is 0 Å². The highest BCUT2D eigenvalue weighted by molar-refractivity contribution is 7.92. The first-order valence-corrected chi connectivity index (χ1v) is 6.00. The molecule has 2 N–H and O–H groups in total. The highest BCUT2D eigenvalue weighted by Crippen LogP contribution is 2.05. The van der Waals surface area contributed by atoms with Gasteiger partial charge in [-0.15, -0.1) is 0 Å². The maximum Gasteiger partial charge on any atom is 0.235 e. The molecule has 0 amide bonds. The average Bonchev–Trinajstić information content (AvgIpc) is 2.53. The van der Waals surface area contributed by atoms with Crippen molar-refractivity contribution in [2.45, 2.75) is 20.3 Å². The molecule has 0 atom stereocenters. The van der Waals surface area contributed by atoms with Crippen LogP contribution in [0.4, 0.5) is 5.95 Å². The fourth-order valence-electron chi connectivity index (χ4n) is 0.844. The van der Waals surface area contributed by atoms with Crippen LogP contribution in [0.15, 0.2) is 6.33 Å². The van der Waals surface area contributed by atoms with Crippen LogP contribution in [0.2, 0.25) is 0 Å². The summed E-state index contributed by atoms with van der Waals surface area (Å²) in [5.74, 6) is 0.626. The minimum absolute atomic E-state index is 0.103. The summed E-state index contributed by atoms with van der Waals surface area (Å²) < 4.78 is 25.1. The second-order valence-corrected chi connectivity index (χ2v) is 5.28. The molecule has 0 bridgehead atoms. The Hall–Kier alpha value is -1.11. The lowest BCUT2D eigenvalue weighted by atomic mass is 10.2. The summed E-state index contributed by atoms with van der Waals surface area (Å²) in [7, 11) is -3.28. The van der Waals surface area contributed by atoms with Gasteiger partial charge in [-0.2, -0.15) is 10.1 Å². The molecule has 1 aromatic rings. The number of aromatic amines is 1. The number of sulfonamides is 1. The van der Waals surface area contributed by atoms with Gasteiger partial charge < -0.3 is 0 Å². The van der Waals surface area contributed by atoms with Crippen molar-refractivity contribution < 1.29 is 8.42 Å². The summed E-state index contributed by atoms with van der Waals surface area (Å²) in [6.07, 6.45) is 1.88. The lowest BCUT2D eigenvalue weighted by Gasteiger charge is -2.06. The van der Waals surface area contributed by atoms with Crippen LogP contribution in [0, 0.1) is 5.92 Å². The van der Waals surface area contributed by atoms with E-state index in [9.17, 15) is 8.42 Å². The topological polar surface area (TPSA) is 87.7 Å². The van der Waals surface area contributed by atoms with Gasteiger partial charge in [0.15, 0.2) is 0 Å². The van der Waals surface area contributed by atoms with Gasteiger partial charge in [0.25, 0.3) is 0 Å². The molecule has 0 aliphatic heterocycles. The van der Waals surface area contributed by atoms with Crippen LogP contribution in [0.25, 0.3) is 0 Å². The summed E-state index contributed by atoms with van der Waals surface area (Å²) in [6.45, 7) is 3.95. The second kappa shape index (κ2) is 4.41. The van der Waals surface area contributed by atoms with Gasteiger partial charge in [-0.1, -0.05) is 13.8 Å². The molecular weight excluding hydrogens is 204 g/mol. The number of anilines is 1. The quantitative estimate of drug-likeness (QED) is 0.757. The Bertz CT molecular complexity index is 357. The SMILES string of the molecule is CC(C)CCS(=O)(=O)Nc1ncn[nH]1. The molecular formula is C7H14N4O2S. The predicted molar refractivity (Wildman–Crippen MR) is 53.2 cm³/mol. The van der Waals surface area contributed by atoms with Crippen LogP contribution in [-0.4, -0.2) is 29.4 Å². The third-order valence-corrected chi connectivity index (χ3v) is 2.91. The minimum Gasteiger partial charge on any atom is -0.252 e. The average molecular weight is 218 g/mol. The van der Waals surface area contributed by atoms with Gasteiger partial charge >= 0.3 is 0 Å². The lowest BCUT2D eigenvalue weighted by molar-refractivity contribution is 0.577. The molecule has 0 fully saturated rings. The standard InChI is InChI=1S/C7H14N4O2S/c1-6(2)3-4-14(12,13)11-7-8-5-9-10-7/h5-6H,3-4H2,1-2H3,(H2,8,9,10,11). The van der Waals surface area contributed by atoms with Gasteiger partial charge in [0, 0.05) is 0 Å². The van der Waals surface area contributed by atoms with E-state index in [1.807, 2.05) is 13.8 Å². The van der Waals surface area contributed by atoms with Crippen molar-refractivity contribution >= 4 is 16.0 Å². The van der Waals surface area contributed by atoms with Crippen molar-refractivity contribution in [3.63, 3.8) is 0 Å². The molecule has 0 unspecified atom stereocenters. The van der Waals surface area contributed by atoms with Gasteiger partial charge in [-0.25, -0.2) is 13.5 Å². The summed E-state index contributed by atoms with van der Waals surface area (Å²) in [5, 5.41) is 5.97. The number of rotatable bonds is 5. The molecule has 1 aromatic heterocycles. The number of hydrogen-bond acceptors (Lipinski definition) is 4. The van der Waals surface area contributed by atoms with E-state index in [1.54, 1.807) is 0 Å². The van der Waals surface area contributed by atoms with Crippen molar-refractivity contribution in [1.82, 2.24) is 15.2 Å². The van der Waals surface area contributed by atoms with Crippen LogP contribution in [0.1, 0.15) is 20.3 Å². The van der Waals surface area contributed by atoms with Gasteiger partial charge in [-0.05, 0) is 12.3 Å². The molecule has 80 valence electrons. The fraction of sp³-hybridized carbons (Fsp3) is 0.714. The zero-order valence-corrected chi connectivity index (χ0v) is 9.00. The molecule has 6 nitrogen and oxygen atoms in total. The van der Waals surface area contributed by atoms with Crippen molar-refractivity contribution in [1.29, 1.82) is 0 Å². The van der Waals surface area contributed by atoms with E-state index < -0.39 is 10.0 Å². The number of hydrogen-bond donors (Lipinski definition) is 2. The largest absolute Gasteiger partial charge is 0.252 e. The first kappa shape index (κ1) is 11.0. The maximum absolute atomic E-state index is 11.4. The number of aromatic nitrogens is 3. The molecule has 7 heteroatoms. The molecule has 0 aliphatic carbocycles. The van der Waals surface area contributed by atoms with Crippen LogP contribution >= 0.6 is 0 Å². The van der Waals surface area contributed by atoms with Crippen LogP contribution in [0.5, 0.6) is 0 Å². The van der Waals surface area contributed by atoms with E-state index in [1.165, 1.54) is 6.33 Å². The normalized spacial score (nSPS) is 11.9. The molecule has 0 spiro atoms. The van der Waals surface area contributed by atoms with Crippen molar-refractivity contribution in [3.8, 4) is 0 Å². The van der Waals surface area contributed by atoms with Crippen molar-refractivity contribution in [2.24, 2.45) is 5.92 Å². The van der Waals surface area contributed by atoms with Gasteiger partial charge in [0.1, 0.15) is 6.33 Å². The third-order valence-electron chi connectivity index (χ3n) is 1.63. The third kappa shape index (κ3) is 3.73. The van der Waals surface area contributed by atoms with Gasteiger partial charge in [0.2, 0.25) is 16.0 Å². The van der Waals surface area contributed by atoms with Gasteiger partial charge in [0.05, 0.1) is 5.75 Å². The van der Waals surface area contributed by atoms with Crippen LogP contribution in [-0.2, 0) is 10.0 Å². The zero-order chi connectivity index (χ0) is 10.6. The van der Waals surface area contributed by atoms with E-state index >= 15 is 0 Å². The summed E-state index contributed by atoms with van der Waals surface area (Å²) in [4.78, 5) is 3.67. The lowest BCUT2D eigenvalue weighted by Crippen LogP contribution is -2.18.